The summed E-state index contributed by atoms with van der Waals surface area (Å²) in [6.45, 7) is 2.23. The summed E-state index contributed by atoms with van der Waals surface area (Å²) < 4.78 is 5.04. The van der Waals surface area contributed by atoms with E-state index in [1.54, 1.807) is 24.3 Å². The standard InChI is InChI=1S/C22H32N6O6/c29-19(18-12-16(28-34-18)8-4-9-23-21-24-10-5-11-25-21)26-13-17(20(30)31)27-22(32)33-14-15-6-2-1-3-7-15/h1-3,6-7,16-18,28H,4-5,8-14H2,(H,26,29)(H,27,32)(H,30,31)(H2,23,24,25)/t16-,17-,18+/m0/s1. The number of hydroxylamine groups is 1. The van der Waals surface area contributed by atoms with Crippen LogP contribution < -0.4 is 26.7 Å². The Morgan fingerprint density at radius 3 is 2.82 bits per heavy atom. The topological polar surface area (TPSA) is 162 Å². The van der Waals surface area contributed by atoms with Crippen molar-refractivity contribution in [2.24, 2.45) is 4.99 Å². The lowest BCUT2D eigenvalue weighted by atomic mass is 10.1. The molecule has 2 amide bonds. The molecule has 0 saturated carbocycles. The van der Waals surface area contributed by atoms with Crippen LogP contribution in [0.2, 0.25) is 0 Å². The Kier molecular flexibility index (Phi) is 9.92. The summed E-state index contributed by atoms with van der Waals surface area (Å²) in [5.74, 6) is -0.908. The van der Waals surface area contributed by atoms with Crippen LogP contribution in [0.5, 0.6) is 0 Å². The summed E-state index contributed by atoms with van der Waals surface area (Å²) in [5, 5.41) is 20.6. The van der Waals surface area contributed by atoms with E-state index in [4.69, 9.17) is 9.57 Å². The first-order chi connectivity index (χ1) is 16.5. The van der Waals surface area contributed by atoms with E-state index >= 15 is 0 Å². The van der Waals surface area contributed by atoms with E-state index in [0.29, 0.717) is 6.42 Å². The third kappa shape index (κ3) is 8.52. The summed E-state index contributed by atoms with van der Waals surface area (Å²) in [5.41, 5.74) is 3.63. The van der Waals surface area contributed by atoms with E-state index in [9.17, 15) is 19.5 Å². The minimum absolute atomic E-state index is 0.00842. The van der Waals surface area contributed by atoms with Crippen LogP contribution in [0.4, 0.5) is 4.79 Å². The van der Waals surface area contributed by atoms with Crippen molar-refractivity contribution in [1.82, 2.24) is 26.7 Å². The third-order valence-corrected chi connectivity index (χ3v) is 5.37. The van der Waals surface area contributed by atoms with Crippen molar-refractivity contribution in [3.8, 4) is 0 Å². The fraction of sp³-hybridized carbons (Fsp3) is 0.545. The number of guanidine groups is 1. The number of alkyl carbamates (subject to hydrolysis) is 1. The zero-order valence-corrected chi connectivity index (χ0v) is 18.9. The van der Waals surface area contributed by atoms with Crippen LogP contribution in [-0.2, 0) is 25.8 Å². The van der Waals surface area contributed by atoms with E-state index in [0.717, 1.165) is 50.4 Å². The molecule has 2 aliphatic rings. The molecule has 2 heterocycles. The van der Waals surface area contributed by atoms with Crippen LogP contribution in [0.1, 0.15) is 31.2 Å². The van der Waals surface area contributed by atoms with E-state index in [2.05, 4.69) is 31.7 Å². The minimum Gasteiger partial charge on any atom is -0.480 e. The number of hydrogen-bond donors (Lipinski definition) is 6. The molecule has 0 aromatic heterocycles. The highest BCUT2D eigenvalue weighted by atomic mass is 16.7. The van der Waals surface area contributed by atoms with Crippen LogP contribution >= 0.6 is 0 Å². The number of aliphatic carboxylic acids is 1. The van der Waals surface area contributed by atoms with Gasteiger partial charge in [0.15, 0.2) is 12.1 Å². The maximum Gasteiger partial charge on any atom is 0.408 e. The zero-order valence-electron chi connectivity index (χ0n) is 18.9. The van der Waals surface area contributed by atoms with Gasteiger partial charge in [0.1, 0.15) is 12.6 Å². The van der Waals surface area contributed by atoms with Crippen molar-refractivity contribution in [2.75, 3.05) is 26.2 Å². The number of nitrogens with one attached hydrogen (secondary N) is 5. The molecule has 3 rings (SSSR count). The van der Waals surface area contributed by atoms with Gasteiger partial charge in [-0.3, -0.25) is 14.6 Å². The molecule has 12 heteroatoms. The predicted molar refractivity (Wildman–Crippen MR) is 123 cm³/mol. The van der Waals surface area contributed by atoms with Gasteiger partial charge in [-0.15, -0.1) is 0 Å². The third-order valence-electron chi connectivity index (χ3n) is 5.37. The first-order valence-electron chi connectivity index (χ1n) is 11.4. The van der Waals surface area contributed by atoms with Gasteiger partial charge >= 0.3 is 12.1 Å². The molecule has 1 fully saturated rings. The number of hydrogen-bond acceptors (Lipinski definition) is 9. The molecule has 2 aliphatic heterocycles. The largest absolute Gasteiger partial charge is 0.480 e. The Labute approximate surface area is 197 Å². The van der Waals surface area contributed by atoms with E-state index in [1.807, 2.05) is 6.07 Å². The highest BCUT2D eigenvalue weighted by Crippen LogP contribution is 2.15. The number of benzene rings is 1. The highest BCUT2D eigenvalue weighted by molar-refractivity contribution is 5.84. The van der Waals surface area contributed by atoms with Gasteiger partial charge in [0.2, 0.25) is 0 Å². The molecular formula is C22H32N6O6. The monoisotopic (exact) mass is 476 g/mol. The zero-order chi connectivity index (χ0) is 24.2. The lowest BCUT2D eigenvalue weighted by Crippen LogP contribution is -2.50. The van der Waals surface area contributed by atoms with Crippen molar-refractivity contribution in [2.45, 2.75) is 50.5 Å². The van der Waals surface area contributed by atoms with Gasteiger partial charge < -0.3 is 31.1 Å². The molecule has 34 heavy (non-hydrogen) atoms. The summed E-state index contributed by atoms with van der Waals surface area (Å²) in [7, 11) is 0. The molecule has 1 aromatic carbocycles. The van der Waals surface area contributed by atoms with E-state index < -0.39 is 30.1 Å². The molecular weight excluding hydrogens is 444 g/mol. The first kappa shape index (κ1) is 25.2. The molecule has 0 spiro atoms. The molecule has 0 radical (unpaired) electrons. The predicted octanol–water partition coefficient (Wildman–Crippen LogP) is -0.137. The molecule has 1 saturated heterocycles. The number of carbonyl (C=O) groups is 3. The smallest absolute Gasteiger partial charge is 0.408 e. The van der Waals surface area contributed by atoms with Gasteiger partial charge in [0.25, 0.3) is 5.91 Å². The quantitative estimate of drug-likeness (QED) is 0.239. The lowest BCUT2D eigenvalue weighted by molar-refractivity contribution is -0.139. The second-order valence-corrected chi connectivity index (χ2v) is 8.08. The van der Waals surface area contributed by atoms with Crippen molar-refractivity contribution in [1.29, 1.82) is 0 Å². The van der Waals surface area contributed by atoms with Crippen molar-refractivity contribution in [3.63, 3.8) is 0 Å². The van der Waals surface area contributed by atoms with Crippen LogP contribution in [-0.4, -0.2) is 73.4 Å². The molecule has 186 valence electrons. The average molecular weight is 477 g/mol. The Balaban J connectivity index is 1.32. The van der Waals surface area contributed by atoms with Gasteiger partial charge in [0.05, 0.1) is 0 Å². The summed E-state index contributed by atoms with van der Waals surface area (Å²) in [6.07, 6.45) is 1.56. The van der Waals surface area contributed by atoms with Gasteiger partial charge in [-0.05, 0) is 24.8 Å². The molecule has 0 unspecified atom stereocenters. The Bertz CT molecular complexity index is 852. The van der Waals surface area contributed by atoms with Gasteiger partial charge in [-0.25, -0.2) is 9.59 Å². The normalized spacial score (nSPS) is 20.4. The van der Waals surface area contributed by atoms with E-state index in [-0.39, 0.29) is 19.2 Å². The molecule has 0 aliphatic carbocycles. The fourth-order valence-corrected chi connectivity index (χ4v) is 3.50. The fourth-order valence-electron chi connectivity index (χ4n) is 3.50. The summed E-state index contributed by atoms with van der Waals surface area (Å²) in [4.78, 5) is 45.5. The number of carbonyl (C=O) groups excluding carboxylic acids is 2. The van der Waals surface area contributed by atoms with Crippen molar-refractivity contribution in [3.05, 3.63) is 35.9 Å². The number of rotatable bonds is 11. The molecule has 6 N–H and O–H groups in total. The number of amides is 2. The maximum atomic E-state index is 12.4. The van der Waals surface area contributed by atoms with Crippen LogP contribution in [0.25, 0.3) is 0 Å². The number of nitrogens with zero attached hydrogens (tertiary/aromatic N) is 1. The molecule has 12 nitrogen and oxygen atoms in total. The molecule has 3 atom stereocenters. The Morgan fingerprint density at radius 2 is 2.09 bits per heavy atom. The minimum atomic E-state index is -1.33. The van der Waals surface area contributed by atoms with Crippen molar-refractivity contribution < 1.29 is 29.1 Å². The number of aliphatic imine (C=N–C) groups is 1. The second kappa shape index (κ2) is 13.4. The van der Waals surface area contributed by atoms with Gasteiger partial charge in [-0.1, -0.05) is 30.3 Å². The Hall–Kier alpha value is -3.38. The number of carboxylic acid groups (broad SMARTS) is 1. The molecule has 1 aromatic rings. The number of carboxylic acids is 1. The van der Waals surface area contributed by atoms with Gasteiger partial charge in [0, 0.05) is 38.6 Å². The van der Waals surface area contributed by atoms with Crippen LogP contribution in [0, 0.1) is 0 Å². The first-order valence-corrected chi connectivity index (χ1v) is 11.4. The summed E-state index contributed by atoms with van der Waals surface area (Å²) >= 11 is 0. The number of ether oxygens (including phenoxy) is 1. The van der Waals surface area contributed by atoms with Crippen LogP contribution in [0.15, 0.2) is 35.3 Å². The highest BCUT2D eigenvalue weighted by Gasteiger charge is 2.31. The SMILES string of the molecule is O=C(N[C@@H](CNC(=O)[C@H]1C[C@H](CCCNC2=NCCCN2)NO1)C(=O)O)OCc1ccccc1. The lowest BCUT2D eigenvalue weighted by Gasteiger charge is -2.17. The van der Waals surface area contributed by atoms with Crippen LogP contribution in [0.3, 0.4) is 0 Å². The average Bonchev–Trinajstić information content (AvgIpc) is 3.33. The van der Waals surface area contributed by atoms with Gasteiger partial charge in [-0.2, -0.15) is 5.48 Å². The van der Waals surface area contributed by atoms with E-state index in [1.165, 1.54) is 0 Å². The second-order valence-electron chi connectivity index (χ2n) is 8.08. The summed E-state index contributed by atoms with van der Waals surface area (Å²) in [6, 6.07) is 7.69. The molecule has 0 bridgehead atoms. The Morgan fingerprint density at radius 1 is 1.26 bits per heavy atom. The maximum absolute atomic E-state index is 12.4. The van der Waals surface area contributed by atoms with Crippen molar-refractivity contribution >= 4 is 23.9 Å².